The lowest BCUT2D eigenvalue weighted by molar-refractivity contribution is -0.115. The third-order valence-corrected chi connectivity index (χ3v) is 4.25. The lowest BCUT2D eigenvalue weighted by atomic mass is 10.1. The van der Waals surface area contributed by atoms with Crippen LogP contribution in [-0.2, 0) is 21.1 Å². The Morgan fingerprint density at radius 2 is 1.95 bits per heavy atom. The molecule has 0 aliphatic rings. The molecule has 0 bridgehead atoms. The number of carbonyl (C=O) groups excluding carboxylic acids is 1. The molecule has 1 rings (SSSR count). The van der Waals surface area contributed by atoms with E-state index in [4.69, 9.17) is 10.9 Å². The van der Waals surface area contributed by atoms with Crippen LogP contribution in [0.3, 0.4) is 0 Å². The van der Waals surface area contributed by atoms with Gasteiger partial charge in [-0.25, -0.2) is 8.42 Å². The molecule has 0 aromatic heterocycles. The van der Waals surface area contributed by atoms with Crippen LogP contribution in [0.5, 0.6) is 0 Å². The van der Waals surface area contributed by atoms with Crippen molar-refractivity contribution in [3.63, 3.8) is 0 Å². The summed E-state index contributed by atoms with van der Waals surface area (Å²) in [6.07, 6.45) is 1.29. The van der Waals surface area contributed by atoms with Crippen LogP contribution in [0.25, 0.3) is 0 Å². The number of amides is 1. The van der Waals surface area contributed by atoms with Gasteiger partial charge in [-0.15, -0.1) is 0 Å². The highest BCUT2D eigenvalue weighted by molar-refractivity contribution is 7.92. The molecular weight excluding hydrogens is 282 g/mol. The summed E-state index contributed by atoms with van der Waals surface area (Å²) in [6, 6.07) is 6.62. The molecule has 0 saturated heterocycles. The second-order valence-corrected chi connectivity index (χ2v) is 6.79. The minimum atomic E-state index is -3.42. The van der Waals surface area contributed by atoms with Crippen molar-refractivity contribution in [2.24, 2.45) is 10.9 Å². The van der Waals surface area contributed by atoms with Crippen molar-refractivity contribution in [1.29, 1.82) is 0 Å². The van der Waals surface area contributed by atoms with E-state index < -0.39 is 21.0 Å². The Kier molecular flexibility index (Phi) is 5.09. The maximum absolute atomic E-state index is 11.7. The zero-order valence-electron chi connectivity index (χ0n) is 11.2. The van der Waals surface area contributed by atoms with Crippen molar-refractivity contribution in [1.82, 2.24) is 0 Å². The molecule has 0 saturated carbocycles. The number of nitrogens with one attached hydrogen (secondary N) is 1. The summed E-state index contributed by atoms with van der Waals surface area (Å²) >= 11 is 0. The minimum Gasteiger partial charge on any atom is -0.409 e. The quantitative estimate of drug-likeness (QED) is 0.313. The number of nitrogens with zero attached hydrogens (tertiary/aromatic N) is 1. The lowest BCUT2D eigenvalue weighted by Crippen LogP contribution is -2.31. The Morgan fingerprint density at radius 3 is 2.40 bits per heavy atom. The molecule has 0 aliphatic carbocycles. The molecule has 20 heavy (non-hydrogen) atoms. The summed E-state index contributed by atoms with van der Waals surface area (Å²) in [5.74, 6) is -0.510. The van der Waals surface area contributed by atoms with Crippen LogP contribution < -0.4 is 11.1 Å². The summed E-state index contributed by atoms with van der Waals surface area (Å²) in [5.41, 5.74) is 6.66. The Morgan fingerprint density at radius 1 is 1.40 bits per heavy atom. The van der Waals surface area contributed by atoms with E-state index >= 15 is 0 Å². The van der Waals surface area contributed by atoms with Gasteiger partial charge >= 0.3 is 0 Å². The summed E-state index contributed by atoms with van der Waals surface area (Å²) < 4.78 is 22.5. The number of benzene rings is 1. The molecule has 1 aromatic carbocycles. The van der Waals surface area contributed by atoms with Crippen LogP contribution in [0.15, 0.2) is 29.4 Å². The topological polar surface area (TPSA) is 122 Å². The highest BCUT2D eigenvalue weighted by Crippen LogP contribution is 2.11. The molecule has 1 atom stereocenters. The fourth-order valence-corrected chi connectivity index (χ4v) is 1.84. The Labute approximate surface area is 117 Å². The van der Waals surface area contributed by atoms with Crippen LogP contribution in [0.2, 0.25) is 0 Å². The number of sulfone groups is 1. The van der Waals surface area contributed by atoms with Gasteiger partial charge in [-0.2, -0.15) is 0 Å². The van der Waals surface area contributed by atoms with Crippen molar-refractivity contribution in [2.45, 2.75) is 18.6 Å². The fourth-order valence-electron chi connectivity index (χ4n) is 1.39. The second-order valence-electron chi connectivity index (χ2n) is 4.43. The van der Waals surface area contributed by atoms with E-state index in [2.05, 4.69) is 10.5 Å². The predicted octanol–water partition coefficient (Wildman–Crippen LogP) is 0.347. The van der Waals surface area contributed by atoms with Crippen molar-refractivity contribution in [3.8, 4) is 0 Å². The molecule has 1 aromatic rings. The van der Waals surface area contributed by atoms with E-state index in [-0.39, 0.29) is 12.3 Å². The van der Waals surface area contributed by atoms with Crippen molar-refractivity contribution >= 4 is 27.3 Å². The fraction of sp³-hybridized carbons (Fsp3) is 0.333. The minimum absolute atomic E-state index is 0.0764. The molecule has 0 aliphatic heterocycles. The third kappa shape index (κ3) is 4.54. The van der Waals surface area contributed by atoms with Gasteiger partial charge in [-0.05, 0) is 24.6 Å². The van der Waals surface area contributed by atoms with Gasteiger partial charge in [0.2, 0.25) is 5.91 Å². The largest absolute Gasteiger partial charge is 0.409 e. The molecule has 7 nitrogen and oxygen atoms in total. The first-order valence-corrected chi connectivity index (χ1v) is 7.74. The Bertz CT molecular complexity index is 608. The number of hydrogen-bond acceptors (Lipinski definition) is 5. The van der Waals surface area contributed by atoms with Gasteiger partial charge in [0.05, 0.1) is 0 Å². The number of amidine groups is 1. The number of nitrogens with two attached hydrogens (primary N) is 1. The van der Waals surface area contributed by atoms with Crippen LogP contribution in [0, 0.1) is 0 Å². The van der Waals surface area contributed by atoms with E-state index in [0.717, 1.165) is 11.8 Å². The zero-order chi connectivity index (χ0) is 15.3. The first-order valence-electron chi connectivity index (χ1n) is 5.79. The average molecular weight is 299 g/mol. The Balaban J connectivity index is 2.73. The smallest absolute Gasteiger partial charge is 0.242 e. The highest BCUT2D eigenvalue weighted by atomic mass is 32.2. The van der Waals surface area contributed by atoms with Crippen molar-refractivity contribution < 1.29 is 18.4 Å². The lowest BCUT2D eigenvalue weighted by Gasteiger charge is -2.10. The van der Waals surface area contributed by atoms with Gasteiger partial charge < -0.3 is 16.3 Å². The molecule has 1 amide bonds. The number of anilines is 1. The van der Waals surface area contributed by atoms with E-state index in [1.165, 1.54) is 6.92 Å². The number of carbonyl (C=O) groups is 1. The SMILES string of the molecule is CC(C(=O)Nc1ccc(C/C(N)=N/O)cc1)S(C)(=O)=O. The van der Waals surface area contributed by atoms with Crippen molar-refractivity contribution in [2.75, 3.05) is 11.6 Å². The average Bonchev–Trinajstić information content (AvgIpc) is 2.38. The molecule has 0 radical (unpaired) electrons. The van der Waals surface area contributed by atoms with Gasteiger partial charge in [0.15, 0.2) is 9.84 Å². The standard InChI is InChI=1S/C12H17N3O4S/c1-8(20(2,18)19)12(16)14-10-5-3-9(4-6-10)7-11(13)15-17/h3-6,8,17H,7H2,1-2H3,(H2,13,15)(H,14,16). The maximum Gasteiger partial charge on any atom is 0.242 e. The molecule has 0 spiro atoms. The van der Waals surface area contributed by atoms with Gasteiger partial charge in [0, 0.05) is 18.4 Å². The molecular formula is C12H17N3O4S. The summed E-state index contributed by atoms with van der Waals surface area (Å²) in [4.78, 5) is 11.7. The number of rotatable bonds is 5. The summed E-state index contributed by atoms with van der Waals surface area (Å²) in [7, 11) is -3.42. The first-order chi connectivity index (χ1) is 9.24. The van der Waals surface area contributed by atoms with Gasteiger partial charge in [0.1, 0.15) is 11.1 Å². The zero-order valence-corrected chi connectivity index (χ0v) is 12.0. The molecule has 1 unspecified atom stereocenters. The number of hydrogen-bond donors (Lipinski definition) is 3. The van der Waals surface area contributed by atoms with Crippen LogP contribution in [0.4, 0.5) is 5.69 Å². The van der Waals surface area contributed by atoms with E-state index in [0.29, 0.717) is 5.69 Å². The molecule has 0 fully saturated rings. The van der Waals surface area contributed by atoms with E-state index in [9.17, 15) is 13.2 Å². The van der Waals surface area contributed by atoms with Crippen LogP contribution in [-0.4, -0.2) is 36.9 Å². The molecule has 0 heterocycles. The van der Waals surface area contributed by atoms with Gasteiger partial charge in [-0.1, -0.05) is 17.3 Å². The van der Waals surface area contributed by atoms with Crippen LogP contribution in [0.1, 0.15) is 12.5 Å². The summed E-state index contributed by atoms with van der Waals surface area (Å²) in [5, 5.41) is 12.7. The Hall–Kier alpha value is -2.09. The molecule has 4 N–H and O–H groups in total. The molecule has 110 valence electrons. The first kappa shape index (κ1) is 16.0. The normalized spacial score (nSPS) is 13.8. The van der Waals surface area contributed by atoms with E-state index in [1.807, 2.05) is 0 Å². The monoisotopic (exact) mass is 299 g/mol. The third-order valence-electron chi connectivity index (χ3n) is 2.75. The summed E-state index contributed by atoms with van der Waals surface area (Å²) in [6.45, 7) is 1.33. The van der Waals surface area contributed by atoms with Crippen LogP contribution >= 0.6 is 0 Å². The predicted molar refractivity (Wildman–Crippen MR) is 76.5 cm³/mol. The number of oxime groups is 1. The second kappa shape index (κ2) is 6.38. The van der Waals surface area contributed by atoms with Crippen molar-refractivity contribution in [3.05, 3.63) is 29.8 Å². The maximum atomic E-state index is 11.7. The highest BCUT2D eigenvalue weighted by Gasteiger charge is 2.23. The van der Waals surface area contributed by atoms with Gasteiger partial charge in [0.25, 0.3) is 0 Å². The molecule has 8 heteroatoms. The van der Waals surface area contributed by atoms with E-state index in [1.54, 1.807) is 24.3 Å². The van der Waals surface area contributed by atoms with Gasteiger partial charge in [-0.3, -0.25) is 4.79 Å².